The van der Waals surface area contributed by atoms with Gasteiger partial charge in [-0.1, -0.05) is 121 Å². The van der Waals surface area contributed by atoms with Crippen LogP contribution in [0.5, 0.6) is 17.2 Å². The summed E-state index contributed by atoms with van der Waals surface area (Å²) in [5.74, 6) is 4.85. The first kappa shape index (κ1) is 55.2. The number of ether oxygens (including phenoxy) is 5. The molecule has 3 amide bonds. The average molecular weight is 1130 g/mol. The van der Waals surface area contributed by atoms with Crippen molar-refractivity contribution in [2.45, 2.75) is 49.3 Å². The number of hydrogen-bond acceptors (Lipinski definition) is 15. The zero-order chi connectivity index (χ0) is 57.9. The van der Waals surface area contributed by atoms with Crippen LogP contribution in [0.25, 0.3) is 0 Å². The zero-order valence-corrected chi connectivity index (χ0v) is 46.0. The minimum Gasteiger partial charge on any atom is -0.491 e. The Labute approximate surface area is 485 Å². The lowest BCUT2D eigenvalue weighted by Gasteiger charge is -2.46. The Bertz CT molecular complexity index is 3650. The van der Waals surface area contributed by atoms with Crippen LogP contribution in [0.3, 0.4) is 0 Å². The molecule has 7 aromatic carbocycles. The number of carbonyl (C=O) groups excluding carboxylic acids is 4. The molecule has 6 atom stereocenters. The van der Waals surface area contributed by atoms with Crippen LogP contribution >= 0.6 is 0 Å². The normalized spacial score (nSPS) is 21.6. The number of rotatable bonds is 15. The first-order valence-corrected chi connectivity index (χ1v) is 27.9. The summed E-state index contributed by atoms with van der Waals surface area (Å²) in [5.41, 5.74) is 3.10. The third-order valence-corrected chi connectivity index (χ3v) is 16.4. The van der Waals surface area contributed by atoms with Gasteiger partial charge in [0.25, 0.3) is 5.69 Å². The van der Waals surface area contributed by atoms with E-state index in [-0.39, 0.29) is 56.6 Å². The number of cyclic esters (lactones) is 1. The van der Waals surface area contributed by atoms with Gasteiger partial charge in [0.2, 0.25) is 18.6 Å². The number of anilines is 1. The molecule has 12 rings (SSSR count). The second kappa shape index (κ2) is 23.8. The highest BCUT2D eigenvalue weighted by Gasteiger charge is 2.76. The number of non-ortho nitro benzene ring substituents is 1. The number of esters is 1. The number of morpholine rings is 1. The van der Waals surface area contributed by atoms with E-state index < -0.39 is 64.4 Å². The quantitative estimate of drug-likeness (QED) is 0.0444. The van der Waals surface area contributed by atoms with Gasteiger partial charge in [0.1, 0.15) is 36.5 Å². The Morgan fingerprint density at radius 2 is 1.43 bits per heavy atom. The maximum Gasteiger partial charge on any atom is 0.421 e. The third-order valence-electron chi connectivity index (χ3n) is 16.4. The SMILES string of the molecule is CN(CC#Cc1ccc2c(c1)[C@]1(C(=O)N2C(=O)OCc2ccc([N+](=O)[O-])cc2)[C@H](C(=O)N2CCN(Cc3ccc4c(c3)OCO4)CC2)[C@H]2C(=O)O[C@H](c3ccccc3)[C@H](c3ccccc3)N2[C@@H]1c1ccc(OCCO)cc1)Cc1ccccc1. The Morgan fingerprint density at radius 1 is 0.750 bits per heavy atom. The zero-order valence-electron chi connectivity index (χ0n) is 46.0. The predicted octanol–water partition coefficient (Wildman–Crippen LogP) is 8.52. The predicted molar refractivity (Wildman–Crippen MR) is 308 cm³/mol. The summed E-state index contributed by atoms with van der Waals surface area (Å²) in [6.45, 7) is 2.48. The topological polar surface area (TPSA) is 194 Å². The highest BCUT2D eigenvalue weighted by Crippen LogP contribution is 2.66. The molecule has 5 aliphatic rings. The van der Waals surface area contributed by atoms with E-state index in [4.69, 9.17) is 23.7 Å². The maximum atomic E-state index is 17.0. The smallest absolute Gasteiger partial charge is 0.421 e. The van der Waals surface area contributed by atoms with E-state index in [0.29, 0.717) is 72.2 Å². The van der Waals surface area contributed by atoms with Gasteiger partial charge in [-0.15, -0.1) is 0 Å². The number of nitro benzene ring substituents is 1. The number of hydrogen-bond donors (Lipinski definition) is 1. The van der Waals surface area contributed by atoms with Gasteiger partial charge in [-0.2, -0.15) is 0 Å². The van der Waals surface area contributed by atoms with Crippen LogP contribution in [0.15, 0.2) is 176 Å². The van der Waals surface area contributed by atoms with Gasteiger partial charge in [-0.05, 0) is 101 Å². The number of nitro groups is 1. The molecule has 0 aromatic heterocycles. The van der Waals surface area contributed by atoms with Crippen molar-refractivity contribution in [2.24, 2.45) is 5.92 Å². The van der Waals surface area contributed by atoms with Crippen molar-refractivity contribution in [3.8, 4) is 29.1 Å². The molecule has 5 heterocycles. The van der Waals surface area contributed by atoms with Gasteiger partial charge in [0, 0.05) is 57.0 Å². The number of aliphatic hydroxyl groups is 1. The van der Waals surface area contributed by atoms with Crippen molar-refractivity contribution in [1.82, 2.24) is 19.6 Å². The summed E-state index contributed by atoms with van der Waals surface area (Å²) in [6, 6.07) is 49.0. The number of fused-ring (bicyclic) bond motifs is 4. The molecule has 0 bridgehead atoms. The molecule has 3 fully saturated rings. The second-order valence-corrected chi connectivity index (χ2v) is 21.5. The largest absolute Gasteiger partial charge is 0.491 e. The van der Waals surface area contributed by atoms with E-state index in [0.717, 1.165) is 21.6 Å². The Kier molecular flexibility index (Phi) is 15.7. The lowest BCUT2D eigenvalue weighted by atomic mass is 9.65. The molecule has 1 N–H and O–H groups in total. The fourth-order valence-corrected chi connectivity index (χ4v) is 12.6. The van der Waals surface area contributed by atoms with Crippen LogP contribution in [-0.2, 0) is 49.0 Å². The van der Waals surface area contributed by atoms with E-state index in [1.807, 2.05) is 121 Å². The van der Waals surface area contributed by atoms with E-state index in [9.17, 15) is 15.2 Å². The summed E-state index contributed by atoms with van der Waals surface area (Å²) in [7, 11) is 1.97. The fourth-order valence-electron chi connectivity index (χ4n) is 12.6. The number of nitrogens with zero attached hydrogens (tertiary/aromatic N) is 6. The van der Waals surface area contributed by atoms with Crippen molar-refractivity contribution in [3.05, 3.63) is 231 Å². The molecule has 18 nitrogen and oxygen atoms in total. The summed E-state index contributed by atoms with van der Waals surface area (Å²) < 4.78 is 29.9. The van der Waals surface area contributed by atoms with Crippen LogP contribution in [0.2, 0.25) is 0 Å². The van der Waals surface area contributed by atoms with Gasteiger partial charge in [-0.25, -0.2) is 9.69 Å². The highest BCUT2D eigenvalue weighted by molar-refractivity contribution is 6.23. The van der Waals surface area contributed by atoms with Crippen LogP contribution in [-0.4, -0.2) is 119 Å². The first-order valence-electron chi connectivity index (χ1n) is 27.9. The monoisotopic (exact) mass is 1130 g/mol. The maximum absolute atomic E-state index is 17.0. The van der Waals surface area contributed by atoms with Crippen molar-refractivity contribution < 1.29 is 52.9 Å². The Balaban J connectivity index is 1.03. The molecule has 426 valence electrons. The summed E-state index contributed by atoms with van der Waals surface area (Å²) in [5, 5.41) is 21.3. The summed E-state index contributed by atoms with van der Waals surface area (Å²) in [4.78, 5) is 84.7. The van der Waals surface area contributed by atoms with Crippen LogP contribution < -0.4 is 19.1 Å². The molecule has 7 aromatic rings. The van der Waals surface area contributed by atoms with E-state index in [1.165, 1.54) is 24.3 Å². The molecule has 84 heavy (non-hydrogen) atoms. The molecule has 1 spiro atoms. The number of aliphatic hydroxyl groups excluding tert-OH is 1. The fraction of sp³-hybridized carbons (Fsp3) is 0.273. The van der Waals surface area contributed by atoms with E-state index in [2.05, 4.69) is 21.6 Å². The van der Waals surface area contributed by atoms with Gasteiger partial charge >= 0.3 is 12.1 Å². The second-order valence-electron chi connectivity index (χ2n) is 21.5. The van der Waals surface area contributed by atoms with Gasteiger partial charge in [-0.3, -0.25) is 39.2 Å². The molecule has 5 aliphatic heterocycles. The lowest BCUT2D eigenvalue weighted by Crippen LogP contribution is -2.59. The molecular weight excluding hydrogens is 1070 g/mol. The van der Waals surface area contributed by atoms with Gasteiger partial charge in [0.15, 0.2) is 11.5 Å². The first-order chi connectivity index (χ1) is 41.0. The average Bonchev–Trinajstić information content (AvgIpc) is 1.52. The standard InChI is InChI=1S/C66H60N6O12/c1-67(40-45-12-5-2-6-13-45)31-11-14-44-21-29-54-53(38-44)66(64(76)70(54)65(77)81-42-46-19-25-51(26-20-46)72(78)79)57(62(74)69-34-32-68(33-35-69)41-47-22-30-55-56(39-47)83-43-82-55)59-63(75)84-60(49-17-9-4-10-18-49)58(48-15-7-3-8-16-48)71(59)61(66)50-23-27-52(28-24-50)80-37-36-73/h2-10,12-13,15-30,38-39,57-61,73H,31-37,40-43H2,1H3/t57-,58-,59-,60+,61+,66-/m0/s1. The molecule has 0 unspecified atom stereocenters. The van der Waals surface area contributed by atoms with Crippen molar-refractivity contribution in [1.29, 1.82) is 0 Å². The van der Waals surface area contributed by atoms with Crippen molar-refractivity contribution >= 4 is 35.3 Å². The van der Waals surface area contributed by atoms with Crippen molar-refractivity contribution in [2.75, 3.05) is 64.7 Å². The number of amides is 3. The number of imide groups is 1. The molecule has 0 radical (unpaired) electrons. The molecule has 0 saturated carbocycles. The number of piperazine rings is 1. The molecule has 0 aliphatic carbocycles. The minimum absolute atomic E-state index is 0.0107. The number of carbonyl (C=O) groups is 4. The van der Waals surface area contributed by atoms with Crippen LogP contribution in [0.4, 0.5) is 16.2 Å². The third kappa shape index (κ3) is 10.6. The number of benzene rings is 7. The summed E-state index contributed by atoms with van der Waals surface area (Å²) >= 11 is 0. The molecule has 3 saturated heterocycles. The van der Waals surface area contributed by atoms with E-state index >= 15 is 19.2 Å². The van der Waals surface area contributed by atoms with Crippen molar-refractivity contribution in [3.63, 3.8) is 0 Å². The van der Waals surface area contributed by atoms with E-state index in [1.54, 1.807) is 47.4 Å². The minimum atomic E-state index is -2.10. The Morgan fingerprint density at radius 3 is 2.13 bits per heavy atom. The van der Waals surface area contributed by atoms with Gasteiger partial charge < -0.3 is 33.7 Å². The lowest BCUT2D eigenvalue weighted by molar-refractivity contribution is -0.384. The molecular formula is C66H60N6O12. The van der Waals surface area contributed by atoms with Crippen LogP contribution in [0, 0.1) is 27.9 Å². The van der Waals surface area contributed by atoms with Crippen LogP contribution in [0.1, 0.15) is 62.7 Å². The highest BCUT2D eigenvalue weighted by atomic mass is 16.7. The van der Waals surface area contributed by atoms with Gasteiger partial charge in [0.05, 0.1) is 41.8 Å². The Hall–Kier alpha value is -9.38. The molecule has 18 heteroatoms. The summed E-state index contributed by atoms with van der Waals surface area (Å²) in [6.07, 6.45) is -2.02.